The predicted molar refractivity (Wildman–Crippen MR) is 172 cm³/mol. The number of carbonyl (C=O) groups excluding carboxylic acids is 2. The molecule has 0 saturated heterocycles. The van der Waals surface area contributed by atoms with Crippen LogP contribution in [0.1, 0.15) is 92.1 Å². The summed E-state index contributed by atoms with van der Waals surface area (Å²) in [6.07, 6.45) is 7.82. The molecule has 2 unspecified atom stereocenters. The summed E-state index contributed by atoms with van der Waals surface area (Å²) in [5.41, 5.74) is 0.142. The molecule has 1 aliphatic rings. The first kappa shape index (κ1) is 41.4. The van der Waals surface area contributed by atoms with Crippen LogP contribution in [0.5, 0.6) is 5.75 Å². The molecule has 0 heterocycles. The fraction of sp³-hybridized carbons (Fsp3) is 0.758. The standard InChI is InChI=1S/C16H31NO4.C16H25NO4.CH4O/c2*1-16(2,3)21-15(19)17-10-6-8-13-7-4-5-9-14(13)20-12-11-18;1-2/h13-14,18H,4-12H2,1-3H3,(H,17,19);4-5,7,9,18H,6,8,10-12H2,1-3H3,(H,17,19);2H,1H3. The van der Waals surface area contributed by atoms with Crippen molar-refractivity contribution >= 4 is 12.2 Å². The van der Waals surface area contributed by atoms with Gasteiger partial charge < -0.3 is 44.9 Å². The Morgan fingerprint density at radius 1 is 0.818 bits per heavy atom. The highest BCUT2D eigenvalue weighted by molar-refractivity contribution is 5.67. The van der Waals surface area contributed by atoms with Crippen LogP contribution in [-0.2, 0) is 20.6 Å². The zero-order chi connectivity index (χ0) is 33.4. The summed E-state index contributed by atoms with van der Waals surface area (Å²) >= 11 is 0. The van der Waals surface area contributed by atoms with Gasteiger partial charge in [0.05, 0.1) is 25.9 Å². The fourth-order valence-corrected chi connectivity index (χ4v) is 4.59. The van der Waals surface area contributed by atoms with Crippen molar-refractivity contribution in [2.45, 2.75) is 110 Å². The van der Waals surface area contributed by atoms with Gasteiger partial charge in [-0.1, -0.05) is 31.0 Å². The topological polar surface area (TPSA) is 156 Å². The number of aliphatic hydroxyl groups excluding tert-OH is 3. The quantitative estimate of drug-likeness (QED) is 0.179. The van der Waals surface area contributed by atoms with E-state index in [0.29, 0.717) is 25.6 Å². The first-order chi connectivity index (χ1) is 20.8. The molecule has 1 saturated carbocycles. The summed E-state index contributed by atoms with van der Waals surface area (Å²) in [5.74, 6) is 1.33. The molecule has 0 aromatic heterocycles. The monoisotopic (exact) mass is 628 g/mol. The first-order valence-corrected chi connectivity index (χ1v) is 15.8. The van der Waals surface area contributed by atoms with Crippen molar-refractivity contribution in [1.82, 2.24) is 10.6 Å². The summed E-state index contributed by atoms with van der Waals surface area (Å²) in [7, 11) is 1.00. The van der Waals surface area contributed by atoms with E-state index in [1.807, 2.05) is 65.8 Å². The molecule has 5 N–H and O–H groups in total. The van der Waals surface area contributed by atoms with Gasteiger partial charge in [0.15, 0.2) is 0 Å². The molecule has 11 heteroatoms. The van der Waals surface area contributed by atoms with Crippen LogP contribution >= 0.6 is 0 Å². The lowest BCUT2D eigenvalue weighted by Crippen LogP contribution is -2.34. The zero-order valence-corrected chi connectivity index (χ0v) is 28.2. The van der Waals surface area contributed by atoms with Crippen LogP contribution in [0.2, 0.25) is 0 Å². The van der Waals surface area contributed by atoms with E-state index in [9.17, 15) is 9.59 Å². The van der Waals surface area contributed by atoms with E-state index in [4.69, 9.17) is 34.3 Å². The maximum atomic E-state index is 11.5. The Labute approximate surface area is 265 Å². The summed E-state index contributed by atoms with van der Waals surface area (Å²) in [4.78, 5) is 23.0. The SMILES string of the molecule is CC(C)(C)OC(=O)NCCCC1CCCCC1OCCO.CC(C)(C)OC(=O)NCCCc1ccccc1OCCO.CO. The van der Waals surface area contributed by atoms with Gasteiger partial charge in [0, 0.05) is 20.2 Å². The second-order valence-electron chi connectivity index (χ2n) is 12.5. The third-order valence-electron chi connectivity index (χ3n) is 6.30. The number of carbonyl (C=O) groups is 2. The number of rotatable bonds is 14. The summed E-state index contributed by atoms with van der Waals surface area (Å²) in [5, 5.41) is 30.2. The van der Waals surface area contributed by atoms with Gasteiger partial charge in [-0.15, -0.1) is 0 Å². The third-order valence-corrected chi connectivity index (χ3v) is 6.30. The van der Waals surface area contributed by atoms with Gasteiger partial charge in [-0.3, -0.25) is 0 Å². The van der Waals surface area contributed by atoms with Crippen LogP contribution in [0.4, 0.5) is 9.59 Å². The lowest BCUT2D eigenvalue weighted by Gasteiger charge is -2.31. The van der Waals surface area contributed by atoms with E-state index >= 15 is 0 Å². The molecular formula is C33H60N2O9. The van der Waals surface area contributed by atoms with Gasteiger partial charge in [-0.25, -0.2) is 9.59 Å². The molecule has 1 aromatic carbocycles. The number of alkyl carbamates (subject to hydrolysis) is 2. The first-order valence-electron chi connectivity index (χ1n) is 15.8. The molecule has 11 nitrogen and oxygen atoms in total. The molecule has 0 radical (unpaired) electrons. The number of ether oxygens (including phenoxy) is 4. The van der Waals surface area contributed by atoms with Crippen molar-refractivity contribution in [3.05, 3.63) is 29.8 Å². The number of hydrogen-bond acceptors (Lipinski definition) is 9. The number of amides is 2. The van der Waals surface area contributed by atoms with Crippen LogP contribution in [0, 0.1) is 5.92 Å². The lowest BCUT2D eigenvalue weighted by atomic mass is 9.83. The van der Waals surface area contributed by atoms with Gasteiger partial charge in [0.2, 0.25) is 0 Å². The second-order valence-corrected chi connectivity index (χ2v) is 12.5. The average Bonchev–Trinajstić information content (AvgIpc) is 2.96. The van der Waals surface area contributed by atoms with E-state index in [0.717, 1.165) is 50.5 Å². The van der Waals surface area contributed by atoms with Crippen molar-refractivity contribution in [1.29, 1.82) is 0 Å². The lowest BCUT2D eigenvalue weighted by molar-refractivity contribution is -0.0276. The van der Waals surface area contributed by atoms with E-state index in [1.165, 1.54) is 19.3 Å². The molecule has 0 spiro atoms. The van der Waals surface area contributed by atoms with Crippen LogP contribution in [-0.4, -0.2) is 91.4 Å². The van der Waals surface area contributed by atoms with Crippen molar-refractivity contribution < 1.29 is 43.9 Å². The highest BCUT2D eigenvalue weighted by Gasteiger charge is 2.25. The normalized spacial score (nSPS) is 16.3. The van der Waals surface area contributed by atoms with Gasteiger partial charge in [0.25, 0.3) is 0 Å². The molecule has 1 aliphatic carbocycles. The van der Waals surface area contributed by atoms with Crippen molar-refractivity contribution in [2.75, 3.05) is 46.6 Å². The number of aliphatic hydroxyl groups is 3. The molecule has 2 atom stereocenters. The number of nitrogens with one attached hydrogen (secondary N) is 2. The minimum atomic E-state index is -0.477. The zero-order valence-electron chi connectivity index (χ0n) is 28.2. The van der Waals surface area contributed by atoms with E-state index in [-0.39, 0.29) is 32.0 Å². The maximum absolute atomic E-state index is 11.5. The molecule has 2 amide bonds. The second kappa shape index (κ2) is 23.7. The Bertz CT molecular complexity index is 885. The van der Waals surface area contributed by atoms with Crippen LogP contribution < -0.4 is 15.4 Å². The Kier molecular flexibility index (Phi) is 22.3. The van der Waals surface area contributed by atoms with E-state index < -0.39 is 17.3 Å². The molecule has 0 aliphatic heterocycles. The predicted octanol–water partition coefficient (Wildman–Crippen LogP) is 4.98. The summed E-state index contributed by atoms with van der Waals surface area (Å²) < 4.78 is 21.6. The Morgan fingerprint density at radius 3 is 1.93 bits per heavy atom. The average molecular weight is 629 g/mol. The van der Waals surface area contributed by atoms with Gasteiger partial charge in [-0.2, -0.15) is 0 Å². The van der Waals surface area contributed by atoms with Crippen molar-refractivity contribution in [3.63, 3.8) is 0 Å². The van der Waals surface area contributed by atoms with Crippen molar-refractivity contribution in [2.24, 2.45) is 5.92 Å². The third kappa shape index (κ3) is 22.0. The maximum Gasteiger partial charge on any atom is 0.407 e. The number of hydrogen-bond donors (Lipinski definition) is 5. The minimum Gasteiger partial charge on any atom is -0.491 e. The Hall–Kier alpha value is -2.60. The smallest absolute Gasteiger partial charge is 0.407 e. The number of aryl methyl sites for hydroxylation is 1. The van der Waals surface area contributed by atoms with Crippen LogP contribution in [0.15, 0.2) is 24.3 Å². The largest absolute Gasteiger partial charge is 0.491 e. The highest BCUT2D eigenvalue weighted by Crippen LogP contribution is 2.30. The van der Waals surface area contributed by atoms with Crippen molar-refractivity contribution in [3.8, 4) is 5.75 Å². The van der Waals surface area contributed by atoms with Gasteiger partial charge >= 0.3 is 12.2 Å². The van der Waals surface area contributed by atoms with Crippen LogP contribution in [0.3, 0.4) is 0 Å². The fourth-order valence-electron chi connectivity index (χ4n) is 4.59. The molecule has 2 rings (SSSR count). The van der Waals surface area contributed by atoms with Crippen LogP contribution in [0.25, 0.3) is 0 Å². The van der Waals surface area contributed by atoms with Gasteiger partial charge in [-0.05, 0) is 97.6 Å². The molecule has 1 aromatic rings. The molecule has 44 heavy (non-hydrogen) atoms. The Balaban J connectivity index is 0.000000795. The number of benzene rings is 1. The molecule has 0 bridgehead atoms. The highest BCUT2D eigenvalue weighted by atomic mass is 16.6. The molecule has 1 fully saturated rings. The number of para-hydroxylation sites is 1. The summed E-state index contributed by atoms with van der Waals surface area (Å²) in [6.45, 7) is 13.1. The van der Waals surface area contributed by atoms with Gasteiger partial charge in [0.1, 0.15) is 23.6 Å². The van der Waals surface area contributed by atoms with E-state index in [2.05, 4.69) is 10.6 Å². The summed E-state index contributed by atoms with van der Waals surface area (Å²) in [6, 6.07) is 7.71. The molecule has 256 valence electrons. The molecular weight excluding hydrogens is 568 g/mol. The van der Waals surface area contributed by atoms with E-state index in [1.54, 1.807) is 0 Å². The Morgan fingerprint density at radius 2 is 1.36 bits per heavy atom. The minimum absolute atomic E-state index is 0.00542.